The molecule has 2 aliphatic heterocycles. The summed E-state index contributed by atoms with van der Waals surface area (Å²) in [7, 11) is 1.66. The number of methoxy groups -OCH3 is 1. The fourth-order valence-corrected chi connectivity index (χ4v) is 5.12. The van der Waals surface area contributed by atoms with Gasteiger partial charge in [-0.25, -0.2) is 0 Å². The van der Waals surface area contributed by atoms with Crippen LogP contribution in [0.4, 0.5) is 0 Å². The van der Waals surface area contributed by atoms with Gasteiger partial charge < -0.3 is 19.1 Å². The molecule has 2 fully saturated rings. The number of benzene rings is 1. The average molecular weight is 385 g/mol. The van der Waals surface area contributed by atoms with E-state index in [0.717, 1.165) is 54.7 Å². The fourth-order valence-electron chi connectivity index (χ4n) is 5.12. The molecular weight excluding hydrogens is 358 g/mol. The van der Waals surface area contributed by atoms with Crippen molar-refractivity contribution in [2.24, 2.45) is 5.41 Å². The smallest absolute Gasteiger partial charge is 0.229 e. The van der Waals surface area contributed by atoms with E-state index < -0.39 is 0 Å². The summed E-state index contributed by atoms with van der Waals surface area (Å²) in [5, 5.41) is 14.4. The van der Waals surface area contributed by atoms with Crippen LogP contribution in [-0.2, 0) is 6.54 Å². The lowest BCUT2D eigenvalue weighted by Crippen LogP contribution is -2.42. The van der Waals surface area contributed by atoms with Crippen molar-refractivity contribution in [3.05, 3.63) is 35.5 Å². The quantitative estimate of drug-likeness (QED) is 0.847. The normalized spacial score (nSPS) is 27.4. The minimum absolute atomic E-state index is 0.0964. The average Bonchev–Trinajstić information content (AvgIpc) is 3.47. The van der Waals surface area contributed by atoms with Crippen LogP contribution in [0.2, 0.25) is 0 Å². The molecule has 0 spiro atoms. The van der Waals surface area contributed by atoms with E-state index in [0.29, 0.717) is 19.1 Å². The summed E-state index contributed by atoms with van der Waals surface area (Å²) in [6.45, 7) is 2.84. The largest absolute Gasteiger partial charge is 0.497 e. The maximum absolute atomic E-state index is 10.2. The number of aliphatic hydroxyl groups excluding tert-OH is 1. The first-order valence-electron chi connectivity index (χ1n) is 10.2. The van der Waals surface area contributed by atoms with Gasteiger partial charge in [0, 0.05) is 36.4 Å². The Morgan fingerprint density at radius 1 is 1.32 bits per heavy atom. The van der Waals surface area contributed by atoms with Crippen LogP contribution in [-0.4, -0.2) is 53.6 Å². The van der Waals surface area contributed by atoms with Gasteiger partial charge in [-0.05, 0) is 24.5 Å². The molecule has 0 amide bonds. The highest BCUT2D eigenvalue weighted by atomic mass is 16.5. The third kappa shape index (κ3) is 2.97. The van der Waals surface area contributed by atoms with Crippen LogP contribution in [0.1, 0.15) is 54.8 Å². The van der Waals surface area contributed by atoms with Crippen molar-refractivity contribution in [3.8, 4) is 11.5 Å². The Labute approximate surface area is 164 Å². The first-order valence-corrected chi connectivity index (χ1v) is 10.2. The Morgan fingerprint density at radius 2 is 2.18 bits per heavy atom. The number of hydrogen-bond donors (Lipinski definition) is 1. The van der Waals surface area contributed by atoms with Crippen LogP contribution in [0.15, 0.2) is 22.7 Å². The van der Waals surface area contributed by atoms with Gasteiger partial charge in [0.2, 0.25) is 5.89 Å². The molecule has 3 heterocycles. The van der Waals surface area contributed by atoms with Crippen molar-refractivity contribution < 1.29 is 19.1 Å². The summed E-state index contributed by atoms with van der Waals surface area (Å²) in [6, 6.07) is 5.97. The predicted molar refractivity (Wildman–Crippen MR) is 102 cm³/mol. The van der Waals surface area contributed by atoms with Gasteiger partial charge in [-0.1, -0.05) is 24.1 Å². The molecule has 2 aromatic rings. The summed E-state index contributed by atoms with van der Waals surface area (Å²) in [5.74, 6) is 3.83. The molecule has 1 aromatic carbocycles. The molecule has 28 heavy (non-hydrogen) atoms. The van der Waals surface area contributed by atoms with Gasteiger partial charge in [-0.3, -0.25) is 4.90 Å². The van der Waals surface area contributed by atoms with E-state index >= 15 is 0 Å². The summed E-state index contributed by atoms with van der Waals surface area (Å²) in [4.78, 5) is 6.97. The van der Waals surface area contributed by atoms with E-state index in [1.165, 1.54) is 12.8 Å². The molecule has 2 atom stereocenters. The Hall–Kier alpha value is -2.12. The lowest BCUT2D eigenvalue weighted by molar-refractivity contribution is 0.0454. The summed E-state index contributed by atoms with van der Waals surface area (Å²) in [6.07, 6.45) is 4.80. The van der Waals surface area contributed by atoms with Crippen molar-refractivity contribution in [2.45, 2.75) is 44.1 Å². The summed E-state index contributed by atoms with van der Waals surface area (Å²) in [5.41, 5.74) is 0.850. The third-order valence-corrected chi connectivity index (χ3v) is 6.70. The number of ether oxygens (including phenoxy) is 2. The fraction of sp³-hybridized carbons (Fsp3) is 0.619. The zero-order valence-electron chi connectivity index (χ0n) is 16.3. The van der Waals surface area contributed by atoms with E-state index in [1.807, 2.05) is 12.1 Å². The van der Waals surface area contributed by atoms with Gasteiger partial charge in [0.05, 0.1) is 26.9 Å². The molecule has 1 aromatic heterocycles. The van der Waals surface area contributed by atoms with Gasteiger partial charge in [0.15, 0.2) is 5.82 Å². The second-order valence-electron chi connectivity index (χ2n) is 8.47. The Balaban J connectivity index is 1.34. The standard InChI is InChI=1S/C21H27N3O4/c1-26-15-6-7-16-17-9-24(11-21(17,12-25)13-27-18(16)8-15)10-19-22-20(28-23-19)14-4-2-3-5-14/h6-8,14,17,25H,2-5,9-13H2,1H3/t17-,21-/m1/s1. The molecule has 7 heteroatoms. The molecule has 1 aliphatic carbocycles. The van der Waals surface area contributed by atoms with Gasteiger partial charge in [-0.2, -0.15) is 4.98 Å². The number of hydrogen-bond acceptors (Lipinski definition) is 7. The highest BCUT2D eigenvalue weighted by Gasteiger charge is 2.51. The van der Waals surface area contributed by atoms with Crippen LogP contribution in [0.25, 0.3) is 0 Å². The molecule has 0 bridgehead atoms. The molecule has 1 N–H and O–H groups in total. The highest BCUT2D eigenvalue weighted by molar-refractivity contribution is 5.46. The number of rotatable bonds is 5. The van der Waals surface area contributed by atoms with Gasteiger partial charge in [0.25, 0.3) is 0 Å². The van der Waals surface area contributed by atoms with Gasteiger partial charge in [0.1, 0.15) is 11.5 Å². The minimum atomic E-state index is -0.292. The zero-order valence-corrected chi connectivity index (χ0v) is 16.3. The minimum Gasteiger partial charge on any atom is -0.497 e. The van der Waals surface area contributed by atoms with E-state index in [4.69, 9.17) is 14.0 Å². The molecule has 1 saturated carbocycles. The monoisotopic (exact) mass is 385 g/mol. The molecule has 5 rings (SSSR count). The van der Waals surface area contributed by atoms with Crippen molar-refractivity contribution in [1.29, 1.82) is 0 Å². The molecule has 7 nitrogen and oxygen atoms in total. The number of aliphatic hydroxyl groups is 1. The first-order chi connectivity index (χ1) is 13.7. The van der Waals surface area contributed by atoms with Crippen LogP contribution in [0.3, 0.4) is 0 Å². The molecule has 1 saturated heterocycles. The highest BCUT2D eigenvalue weighted by Crippen LogP contribution is 2.50. The Kier molecular flexibility index (Phi) is 4.51. The van der Waals surface area contributed by atoms with Crippen molar-refractivity contribution in [1.82, 2.24) is 15.0 Å². The van der Waals surface area contributed by atoms with E-state index in [1.54, 1.807) is 7.11 Å². The van der Waals surface area contributed by atoms with Crippen LogP contribution < -0.4 is 9.47 Å². The van der Waals surface area contributed by atoms with Crippen LogP contribution in [0.5, 0.6) is 11.5 Å². The lowest BCUT2D eigenvalue weighted by atomic mass is 9.74. The SMILES string of the molecule is COc1ccc2c(c1)OC[C@]1(CO)CN(Cc3noc(C4CCCC4)n3)C[C@H]21. The molecule has 0 radical (unpaired) electrons. The van der Waals surface area contributed by atoms with Crippen molar-refractivity contribution in [2.75, 3.05) is 33.4 Å². The van der Waals surface area contributed by atoms with Crippen LogP contribution in [0, 0.1) is 5.41 Å². The van der Waals surface area contributed by atoms with E-state index in [9.17, 15) is 5.11 Å². The predicted octanol–water partition coefficient (Wildman–Crippen LogP) is 2.71. The summed E-state index contributed by atoms with van der Waals surface area (Å²) < 4.78 is 16.9. The number of aromatic nitrogens is 2. The van der Waals surface area contributed by atoms with Crippen molar-refractivity contribution >= 4 is 0 Å². The number of likely N-dealkylation sites (tertiary alicyclic amines) is 1. The number of nitrogens with zero attached hydrogens (tertiary/aromatic N) is 3. The van der Waals surface area contributed by atoms with Gasteiger partial charge >= 0.3 is 0 Å². The second-order valence-corrected chi connectivity index (χ2v) is 8.47. The van der Waals surface area contributed by atoms with Crippen molar-refractivity contribution in [3.63, 3.8) is 0 Å². The topological polar surface area (TPSA) is 80.9 Å². The van der Waals surface area contributed by atoms with E-state index in [-0.39, 0.29) is 17.9 Å². The first kappa shape index (κ1) is 17.9. The zero-order chi connectivity index (χ0) is 19.1. The molecule has 0 unspecified atom stereocenters. The molecular formula is C21H27N3O4. The maximum atomic E-state index is 10.2. The molecule has 3 aliphatic rings. The molecule has 150 valence electrons. The summed E-state index contributed by atoms with van der Waals surface area (Å²) >= 11 is 0. The van der Waals surface area contributed by atoms with Crippen LogP contribution >= 0.6 is 0 Å². The Bertz CT molecular complexity index is 848. The lowest BCUT2D eigenvalue weighted by Gasteiger charge is -2.38. The van der Waals surface area contributed by atoms with Gasteiger partial charge in [-0.15, -0.1) is 0 Å². The number of fused-ring (bicyclic) bond motifs is 3. The third-order valence-electron chi connectivity index (χ3n) is 6.70. The Morgan fingerprint density at radius 3 is 2.96 bits per heavy atom. The second kappa shape index (κ2) is 7.04. The van der Waals surface area contributed by atoms with E-state index in [2.05, 4.69) is 21.1 Å². The maximum Gasteiger partial charge on any atom is 0.229 e.